The van der Waals surface area contributed by atoms with Crippen LogP contribution in [0.3, 0.4) is 0 Å². The van der Waals surface area contributed by atoms with Crippen molar-refractivity contribution in [3.05, 3.63) is 63.5 Å². The fourth-order valence-corrected chi connectivity index (χ4v) is 3.34. The first kappa shape index (κ1) is 17.4. The predicted molar refractivity (Wildman–Crippen MR) is 101 cm³/mol. The van der Waals surface area contributed by atoms with Crippen LogP contribution in [0, 0.1) is 6.92 Å². The second kappa shape index (κ2) is 7.21. The second-order valence-corrected chi connectivity index (χ2v) is 6.89. The highest BCUT2D eigenvalue weighted by Gasteiger charge is 2.35. The Morgan fingerprint density at radius 2 is 2.00 bits per heavy atom. The Hall–Kier alpha value is -2.44. The van der Waals surface area contributed by atoms with Gasteiger partial charge in [-0.05, 0) is 48.5 Å². The van der Waals surface area contributed by atoms with Crippen molar-refractivity contribution in [2.24, 2.45) is 0 Å². The number of phenols is 1. The van der Waals surface area contributed by atoms with Gasteiger partial charge in [0.15, 0.2) is 0 Å². The predicted octanol–water partition coefficient (Wildman–Crippen LogP) is 4.46. The van der Waals surface area contributed by atoms with Gasteiger partial charge in [0.1, 0.15) is 5.75 Å². The van der Waals surface area contributed by atoms with Crippen LogP contribution in [0.5, 0.6) is 5.75 Å². The molecule has 1 aliphatic rings. The number of anilines is 1. The van der Waals surface area contributed by atoms with Crippen LogP contribution in [0.1, 0.15) is 11.1 Å². The van der Waals surface area contributed by atoms with Crippen LogP contribution in [0.25, 0.3) is 6.08 Å². The molecule has 0 aliphatic carbocycles. The second-order valence-electron chi connectivity index (χ2n) is 5.46. The molecule has 0 aromatic heterocycles. The summed E-state index contributed by atoms with van der Waals surface area (Å²) in [5, 5.41) is 13.1. The van der Waals surface area contributed by atoms with E-state index in [0.29, 0.717) is 10.6 Å². The number of nitrogens with one attached hydrogen (secondary N) is 1. The molecule has 1 saturated heterocycles. The molecule has 0 saturated carbocycles. The highest BCUT2D eigenvalue weighted by atomic mass is 35.5. The molecule has 1 fully saturated rings. The van der Waals surface area contributed by atoms with E-state index in [2.05, 4.69) is 5.32 Å². The maximum atomic E-state index is 12.5. The number of benzene rings is 2. The van der Waals surface area contributed by atoms with Crippen molar-refractivity contribution < 1.29 is 14.7 Å². The zero-order valence-corrected chi connectivity index (χ0v) is 14.9. The molecule has 0 spiro atoms. The molecule has 0 radical (unpaired) electrons. The van der Waals surface area contributed by atoms with Crippen molar-refractivity contribution in [3.8, 4) is 5.75 Å². The Labute approximate surface area is 154 Å². The normalized spacial score (nSPS) is 15.9. The number of hydrogen-bond acceptors (Lipinski definition) is 5. The lowest BCUT2D eigenvalue weighted by Gasteiger charge is -2.16. The first-order chi connectivity index (χ1) is 12.0. The van der Waals surface area contributed by atoms with Crippen LogP contribution in [-0.4, -0.2) is 27.8 Å². The number of carbonyl (C=O) groups is 2. The number of aromatic hydroxyl groups is 1. The lowest BCUT2D eigenvalue weighted by molar-refractivity contribution is -0.122. The number of aryl methyl sites for hydroxylation is 1. The van der Waals surface area contributed by atoms with Gasteiger partial charge in [0.2, 0.25) is 0 Å². The summed E-state index contributed by atoms with van der Waals surface area (Å²) in [7, 11) is 0. The molecular formula is C18H15ClN2O3S. The van der Waals surface area contributed by atoms with Crippen LogP contribution in [0.15, 0.2) is 47.4 Å². The van der Waals surface area contributed by atoms with Gasteiger partial charge in [-0.25, -0.2) is 0 Å². The van der Waals surface area contributed by atoms with E-state index in [1.54, 1.807) is 30.3 Å². The number of carbonyl (C=O) groups excluding carboxylic acids is 2. The number of nitrogens with zero attached hydrogens (tertiary/aromatic N) is 1. The smallest absolute Gasteiger partial charge is 0.295 e. The van der Waals surface area contributed by atoms with Gasteiger partial charge in [0.05, 0.1) is 11.6 Å². The van der Waals surface area contributed by atoms with E-state index in [9.17, 15) is 14.7 Å². The van der Waals surface area contributed by atoms with Crippen LogP contribution < -0.4 is 5.32 Å². The van der Waals surface area contributed by atoms with Gasteiger partial charge >= 0.3 is 0 Å². The summed E-state index contributed by atoms with van der Waals surface area (Å²) in [4.78, 5) is 26.0. The van der Waals surface area contributed by atoms with E-state index in [-0.39, 0.29) is 22.6 Å². The SMILES string of the molecule is Cc1ccc(Cl)cc1NCN1C(=O)S/C(=C\c2ccccc2O)C1=O. The third kappa shape index (κ3) is 3.81. The number of hydrogen-bond donors (Lipinski definition) is 2. The Morgan fingerprint density at radius 1 is 1.24 bits per heavy atom. The molecule has 1 aliphatic heterocycles. The number of phenolic OH excluding ortho intramolecular Hbond substituents is 1. The summed E-state index contributed by atoms with van der Waals surface area (Å²) >= 11 is 6.82. The minimum atomic E-state index is -0.398. The van der Waals surface area contributed by atoms with Gasteiger partial charge in [0, 0.05) is 16.3 Å². The minimum Gasteiger partial charge on any atom is -0.507 e. The quantitative estimate of drug-likeness (QED) is 0.773. The Kier molecular flexibility index (Phi) is 5.01. The van der Waals surface area contributed by atoms with Gasteiger partial charge in [-0.3, -0.25) is 14.5 Å². The van der Waals surface area contributed by atoms with Gasteiger partial charge < -0.3 is 10.4 Å². The van der Waals surface area contributed by atoms with Gasteiger partial charge in [-0.2, -0.15) is 0 Å². The molecule has 2 aromatic rings. The van der Waals surface area contributed by atoms with Crippen molar-refractivity contribution in [1.29, 1.82) is 0 Å². The number of halogens is 1. The standard InChI is InChI=1S/C18H15ClN2O3S/c1-11-6-7-13(19)9-14(11)20-10-21-17(23)16(25-18(21)24)8-12-4-2-3-5-15(12)22/h2-9,20,22H,10H2,1H3/b16-8-. The average molecular weight is 375 g/mol. The first-order valence-corrected chi connectivity index (χ1v) is 8.68. The summed E-state index contributed by atoms with van der Waals surface area (Å²) < 4.78 is 0. The molecule has 2 amide bonds. The van der Waals surface area contributed by atoms with Crippen molar-refractivity contribution in [2.45, 2.75) is 6.92 Å². The van der Waals surface area contributed by atoms with E-state index in [1.807, 2.05) is 13.0 Å². The van der Waals surface area contributed by atoms with E-state index in [4.69, 9.17) is 11.6 Å². The average Bonchev–Trinajstić information content (AvgIpc) is 2.84. The molecule has 3 rings (SSSR count). The van der Waals surface area contributed by atoms with Crippen LogP contribution in [0.4, 0.5) is 10.5 Å². The highest BCUT2D eigenvalue weighted by molar-refractivity contribution is 8.18. The molecule has 0 atom stereocenters. The number of thioether (sulfide) groups is 1. The lowest BCUT2D eigenvalue weighted by Crippen LogP contribution is -2.33. The molecule has 0 bridgehead atoms. The molecule has 2 aromatic carbocycles. The number of rotatable bonds is 4. The Balaban J connectivity index is 1.76. The summed E-state index contributed by atoms with van der Waals surface area (Å²) in [6.07, 6.45) is 1.52. The third-order valence-corrected chi connectivity index (χ3v) is 4.87. The molecule has 25 heavy (non-hydrogen) atoms. The molecule has 5 nitrogen and oxygen atoms in total. The largest absolute Gasteiger partial charge is 0.507 e. The highest BCUT2D eigenvalue weighted by Crippen LogP contribution is 2.33. The maximum Gasteiger partial charge on any atom is 0.295 e. The Bertz CT molecular complexity index is 882. The van der Waals surface area contributed by atoms with E-state index in [1.165, 1.54) is 12.1 Å². The molecule has 1 heterocycles. The van der Waals surface area contributed by atoms with Gasteiger partial charge in [-0.1, -0.05) is 35.9 Å². The lowest BCUT2D eigenvalue weighted by atomic mass is 10.2. The Morgan fingerprint density at radius 3 is 2.76 bits per heavy atom. The number of imide groups is 1. The fraction of sp³-hybridized carbons (Fsp3) is 0.111. The first-order valence-electron chi connectivity index (χ1n) is 7.49. The summed E-state index contributed by atoms with van der Waals surface area (Å²) in [6, 6.07) is 12.0. The van der Waals surface area contributed by atoms with Crippen LogP contribution in [0.2, 0.25) is 5.02 Å². The van der Waals surface area contributed by atoms with Crippen molar-refractivity contribution in [1.82, 2.24) is 4.90 Å². The maximum absolute atomic E-state index is 12.5. The number of para-hydroxylation sites is 1. The fourth-order valence-electron chi connectivity index (χ4n) is 2.34. The monoisotopic (exact) mass is 374 g/mol. The van der Waals surface area contributed by atoms with Crippen LogP contribution in [-0.2, 0) is 4.79 Å². The van der Waals surface area contributed by atoms with Gasteiger partial charge in [0.25, 0.3) is 11.1 Å². The van der Waals surface area contributed by atoms with E-state index in [0.717, 1.165) is 27.9 Å². The van der Waals surface area contributed by atoms with E-state index >= 15 is 0 Å². The molecular weight excluding hydrogens is 360 g/mol. The summed E-state index contributed by atoms with van der Waals surface area (Å²) in [5.41, 5.74) is 2.21. The molecule has 2 N–H and O–H groups in total. The zero-order valence-electron chi connectivity index (χ0n) is 13.3. The van der Waals surface area contributed by atoms with Crippen molar-refractivity contribution in [3.63, 3.8) is 0 Å². The third-order valence-electron chi connectivity index (χ3n) is 3.72. The molecule has 128 valence electrons. The van der Waals surface area contributed by atoms with Crippen molar-refractivity contribution >= 4 is 46.3 Å². The van der Waals surface area contributed by atoms with E-state index < -0.39 is 5.91 Å². The van der Waals surface area contributed by atoms with Crippen molar-refractivity contribution in [2.75, 3.05) is 12.0 Å². The molecule has 0 unspecified atom stereocenters. The zero-order chi connectivity index (χ0) is 18.0. The summed E-state index contributed by atoms with van der Waals surface area (Å²) in [6.45, 7) is 1.95. The minimum absolute atomic E-state index is 0.0456. The topological polar surface area (TPSA) is 69.6 Å². The molecule has 7 heteroatoms. The number of amides is 2. The summed E-state index contributed by atoms with van der Waals surface area (Å²) in [5.74, 6) is -0.340. The van der Waals surface area contributed by atoms with Crippen LogP contribution >= 0.6 is 23.4 Å². The van der Waals surface area contributed by atoms with Gasteiger partial charge in [-0.15, -0.1) is 0 Å².